The smallest absolute Gasteiger partial charge is 0.271 e. The van der Waals surface area contributed by atoms with Crippen LogP contribution in [0.1, 0.15) is 27.9 Å². The van der Waals surface area contributed by atoms with Crippen molar-refractivity contribution in [3.63, 3.8) is 0 Å². The lowest BCUT2D eigenvalue weighted by Crippen LogP contribution is -2.39. The number of benzene rings is 1. The van der Waals surface area contributed by atoms with Gasteiger partial charge in [0.15, 0.2) is 0 Å². The van der Waals surface area contributed by atoms with E-state index in [-0.39, 0.29) is 11.9 Å². The fourth-order valence-corrected chi connectivity index (χ4v) is 2.99. The van der Waals surface area contributed by atoms with Gasteiger partial charge in [0.25, 0.3) is 5.91 Å². The lowest BCUT2D eigenvalue weighted by atomic mass is 10.1. The molecule has 0 fully saturated rings. The summed E-state index contributed by atoms with van der Waals surface area (Å²) in [5.74, 6) is -0.0134. The second-order valence-corrected chi connectivity index (χ2v) is 5.77. The Hall–Kier alpha value is -1.79. The number of rotatable bonds is 1. The molecule has 0 saturated heterocycles. The zero-order valence-corrected chi connectivity index (χ0v) is 12.3. The molecule has 1 atom stereocenters. The van der Waals surface area contributed by atoms with E-state index in [1.807, 2.05) is 30.0 Å². The van der Waals surface area contributed by atoms with Crippen LogP contribution in [0.15, 0.2) is 24.3 Å². The van der Waals surface area contributed by atoms with E-state index in [0.29, 0.717) is 17.1 Å². The Balaban J connectivity index is 2.03. The maximum Gasteiger partial charge on any atom is 0.271 e. The van der Waals surface area contributed by atoms with Crippen LogP contribution in [0, 0.1) is 6.92 Å². The summed E-state index contributed by atoms with van der Waals surface area (Å²) in [7, 11) is 0. The van der Waals surface area contributed by atoms with Crippen LogP contribution in [0.3, 0.4) is 0 Å². The van der Waals surface area contributed by atoms with Crippen LogP contribution in [-0.2, 0) is 6.54 Å². The largest absolute Gasteiger partial charge is 0.308 e. The first kappa shape index (κ1) is 13.2. The minimum absolute atomic E-state index is 0.0134. The Bertz CT molecular complexity index is 640. The number of hydrogen-bond acceptors (Lipinski definition) is 5. The van der Waals surface area contributed by atoms with Crippen molar-refractivity contribution < 1.29 is 4.79 Å². The first-order chi connectivity index (χ1) is 9.66. The van der Waals surface area contributed by atoms with Gasteiger partial charge in [-0.15, -0.1) is 5.10 Å². The van der Waals surface area contributed by atoms with Gasteiger partial charge in [-0.3, -0.25) is 4.79 Å². The van der Waals surface area contributed by atoms with Crippen molar-refractivity contribution in [1.29, 1.82) is 0 Å². The van der Waals surface area contributed by atoms with E-state index in [1.165, 1.54) is 0 Å². The predicted octanol–water partition coefficient (Wildman–Crippen LogP) is 1.99. The molecular formula is C14H16N4OS. The number of fused-ring (bicyclic) bond motifs is 1. The van der Waals surface area contributed by atoms with Gasteiger partial charge in [-0.05, 0) is 37.0 Å². The van der Waals surface area contributed by atoms with E-state index in [0.717, 1.165) is 29.3 Å². The minimum Gasteiger partial charge on any atom is -0.308 e. The van der Waals surface area contributed by atoms with E-state index >= 15 is 0 Å². The van der Waals surface area contributed by atoms with Crippen LogP contribution in [0.25, 0.3) is 0 Å². The highest BCUT2D eigenvalue weighted by atomic mass is 32.1. The Kier molecular flexibility index (Phi) is 3.50. The molecule has 5 nitrogen and oxygen atoms in total. The summed E-state index contributed by atoms with van der Waals surface area (Å²) in [4.78, 5) is 15.2. The van der Waals surface area contributed by atoms with Crippen LogP contribution >= 0.6 is 11.5 Å². The average molecular weight is 288 g/mol. The van der Waals surface area contributed by atoms with Gasteiger partial charge in [-0.25, -0.2) is 0 Å². The molecule has 1 amide bonds. The summed E-state index contributed by atoms with van der Waals surface area (Å²) in [6, 6.07) is 8.26. The minimum atomic E-state index is -0.0134. The van der Waals surface area contributed by atoms with Gasteiger partial charge >= 0.3 is 0 Å². The van der Waals surface area contributed by atoms with Crippen molar-refractivity contribution in [2.75, 3.05) is 11.4 Å². The summed E-state index contributed by atoms with van der Waals surface area (Å²) < 4.78 is 3.86. The normalized spacial score (nSPS) is 18.5. The summed E-state index contributed by atoms with van der Waals surface area (Å²) in [5.41, 5.74) is 2.81. The lowest BCUT2D eigenvalue weighted by Gasteiger charge is -2.23. The molecule has 6 heteroatoms. The van der Waals surface area contributed by atoms with Crippen LogP contribution in [-0.4, -0.2) is 28.1 Å². The number of hydrogen-bond donors (Lipinski definition) is 1. The third-order valence-electron chi connectivity index (χ3n) is 3.47. The van der Waals surface area contributed by atoms with Crippen molar-refractivity contribution in [2.45, 2.75) is 26.4 Å². The van der Waals surface area contributed by atoms with Crippen LogP contribution in [0.5, 0.6) is 0 Å². The molecule has 2 aromatic rings. The molecule has 0 spiro atoms. The first-order valence-corrected chi connectivity index (χ1v) is 7.36. The molecule has 1 aliphatic heterocycles. The quantitative estimate of drug-likeness (QED) is 0.872. The SMILES string of the molecule is Cc1nnsc1C(=O)N1CC(C)NCc2ccccc21. The van der Waals surface area contributed by atoms with E-state index in [4.69, 9.17) is 0 Å². The summed E-state index contributed by atoms with van der Waals surface area (Å²) in [6.07, 6.45) is 0. The van der Waals surface area contributed by atoms with E-state index in [9.17, 15) is 4.79 Å². The molecule has 0 radical (unpaired) electrons. The monoisotopic (exact) mass is 288 g/mol. The van der Waals surface area contributed by atoms with Crippen molar-refractivity contribution in [2.24, 2.45) is 0 Å². The Labute approximate surface area is 121 Å². The van der Waals surface area contributed by atoms with Crippen molar-refractivity contribution in [1.82, 2.24) is 14.9 Å². The number of aromatic nitrogens is 2. The number of nitrogens with zero attached hydrogens (tertiary/aromatic N) is 3. The summed E-state index contributed by atoms with van der Waals surface area (Å²) in [5, 5.41) is 7.36. The zero-order valence-electron chi connectivity index (χ0n) is 11.5. The fraction of sp³-hybridized carbons (Fsp3) is 0.357. The highest BCUT2D eigenvalue weighted by molar-refractivity contribution is 7.08. The van der Waals surface area contributed by atoms with Gasteiger partial charge in [-0.1, -0.05) is 22.7 Å². The van der Waals surface area contributed by atoms with E-state index < -0.39 is 0 Å². The standard InChI is InChI=1S/C14H16N4OS/c1-9-8-18(14(19)13-10(2)16-17-20-13)12-6-4-3-5-11(12)7-15-9/h3-6,9,15H,7-8H2,1-2H3. The number of anilines is 1. The van der Waals surface area contributed by atoms with Crippen molar-refractivity contribution in [3.05, 3.63) is 40.4 Å². The molecule has 1 N–H and O–H groups in total. The Morgan fingerprint density at radius 3 is 3.00 bits per heavy atom. The average Bonchev–Trinajstić information content (AvgIpc) is 2.80. The number of amides is 1. The number of carbonyl (C=O) groups excluding carboxylic acids is 1. The molecule has 1 aliphatic rings. The highest BCUT2D eigenvalue weighted by Crippen LogP contribution is 2.26. The third kappa shape index (κ3) is 2.32. The number of aryl methyl sites for hydroxylation is 1. The second-order valence-electron chi connectivity index (χ2n) is 5.01. The molecule has 1 aromatic heterocycles. The van der Waals surface area contributed by atoms with Gasteiger partial charge in [-0.2, -0.15) is 0 Å². The van der Waals surface area contributed by atoms with E-state index in [1.54, 1.807) is 0 Å². The maximum absolute atomic E-state index is 12.8. The molecule has 2 heterocycles. The Morgan fingerprint density at radius 2 is 2.25 bits per heavy atom. The highest BCUT2D eigenvalue weighted by Gasteiger charge is 2.27. The molecule has 3 rings (SSSR count). The summed E-state index contributed by atoms with van der Waals surface area (Å²) >= 11 is 1.16. The molecule has 0 saturated carbocycles. The number of carbonyl (C=O) groups is 1. The third-order valence-corrected chi connectivity index (χ3v) is 4.29. The number of para-hydroxylation sites is 1. The topological polar surface area (TPSA) is 58.1 Å². The number of nitrogens with one attached hydrogen (secondary N) is 1. The van der Waals surface area contributed by atoms with Crippen LogP contribution in [0.2, 0.25) is 0 Å². The van der Waals surface area contributed by atoms with Crippen LogP contribution < -0.4 is 10.2 Å². The Morgan fingerprint density at radius 1 is 1.45 bits per heavy atom. The van der Waals surface area contributed by atoms with Gasteiger partial charge in [0.2, 0.25) is 0 Å². The maximum atomic E-state index is 12.8. The molecule has 0 bridgehead atoms. The first-order valence-electron chi connectivity index (χ1n) is 6.59. The van der Waals surface area contributed by atoms with Gasteiger partial charge < -0.3 is 10.2 Å². The summed E-state index contributed by atoms with van der Waals surface area (Å²) in [6.45, 7) is 5.33. The second kappa shape index (κ2) is 5.30. The molecule has 1 aromatic carbocycles. The van der Waals surface area contributed by atoms with Crippen LogP contribution in [0.4, 0.5) is 5.69 Å². The van der Waals surface area contributed by atoms with Gasteiger partial charge in [0.1, 0.15) is 4.88 Å². The molecule has 104 valence electrons. The molecule has 1 unspecified atom stereocenters. The van der Waals surface area contributed by atoms with Crippen molar-refractivity contribution in [3.8, 4) is 0 Å². The van der Waals surface area contributed by atoms with Crippen molar-refractivity contribution >= 4 is 23.1 Å². The molecule has 0 aliphatic carbocycles. The van der Waals surface area contributed by atoms with E-state index in [2.05, 4.69) is 27.9 Å². The van der Waals surface area contributed by atoms with Gasteiger partial charge in [0, 0.05) is 24.8 Å². The predicted molar refractivity (Wildman–Crippen MR) is 79.1 cm³/mol. The zero-order chi connectivity index (χ0) is 14.1. The van der Waals surface area contributed by atoms with Gasteiger partial charge in [0.05, 0.1) is 5.69 Å². The molecular weight excluding hydrogens is 272 g/mol. The fourth-order valence-electron chi connectivity index (χ4n) is 2.39. The molecule has 20 heavy (non-hydrogen) atoms. The lowest BCUT2D eigenvalue weighted by molar-refractivity contribution is 0.0988.